The van der Waals surface area contributed by atoms with Crippen LogP contribution in [-0.4, -0.2) is 13.2 Å². The smallest absolute Gasteiger partial charge is 0.0721 e. The zero-order valence-electron chi connectivity index (χ0n) is 36.4. The number of benzene rings is 7. The average molecular weight is 813 g/mol. The summed E-state index contributed by atoms with van der Waals surface area (Å²) in [4.78, 5) is 4.61. The van der Waals surface area contributed by atoms with E-state index in [1.54, 1.807) is 12.2 Å². The Bertz CT molecular complexity index is 2460. The fourth-order valence-corrected chi connectivity index (χ4v) is 7.25. The van der Waals surface area contributed by atoms with Crippen LogP contribution in [0.1, 0.15) is 55.6 Å². The van der Waals surface area contributed by atoms with Gasteiger partial charge in [-0.05, 0) is 162 Å². The van der Waals surface area contributed by atoms with E-state index in [1.165, 1.54) is 22.3 Å². The molecule has 7 aromatic rings. The van der Waals surface area contributed by atoms with Gasteiger partial charge in [0.2, 0.25) is 0 Å². The van der Waals surface area contributed by atoms with Crippen LogP contribution in [0.3, 0.4) is 0 Å². The molecule has 0 bridgehead atoms. The van der Waals surface area contributed by atoms with Crippen molar-refractivity contribution in [1.82, 2.24) is 0 Å². The van der Waals surface area contributed by atoms with Crippen LogP contribution in [0.2, 0.25) is 0 Å². The van der Waals surface area contributed by atoms with E-state index in [4.69, 9.17) is 9.47 Å². The van der Waals surface area contributed by atoms with E-state index in [-0.39, 0.29) is 0 Å². The van der Waals surface area contributed by atoms with Gasteiger partial charge in [-0.15, -0.1) is 13.2 Å². The second kappa shape index (κ2) is 21.0. The highest BCUT2D eigenvalue weighted by atomic mass is 16.5. The van der Waals surface area contributed by atoms with Crippen molar-refractivity contribution in [2.45, 2.75) is 40.9 Å². The molecule has 0 heterocycles. The summed E-state index contributed by atoms with van der Waals surface area (Å²) in [5.74, 6) is 0. The van der Waals surface area contributed by atoms with Gasteiger partial charge in [-0.1, -0.05) is 115 Å². The predicted molar refractivity (Wildman–Crippen MR) is 265 cm³/mol. The van der Waals surface area contributed by atoms with Gasteiger partial charge in [-0.3, -0.25) is 0 Å². The topological polar surface area (TPSA) is 24.9 Å². The quantitative estimate of drug-likeness (QED) is 0.0490. The van der Waals surface area contributed by atoms with E-state index in [0.717, 1.165) is 67.5 Å². The Morgan fingerprint density at radius 1 is 0.371 bits per heavy atom. The summed E-state index contributed by atoms with van der Waals surface area (Å²) in [6, 6.07) is 56.6. The van der Waals surface area contributed by atoms with Crippen LogP contribution >= 0.6 is 0 Å². The molecule has 0 radical (unpaired) electrons. The summed E-state index contributed by atoms with van der Waals surface area (Å²) < 4.78 is 11.4. The standard InChI is InChI=1S/C58H56N2O2/c1-7-36-61-41-51-22-32-55(33-23-51)59(57-26-12-43(3)45(5)38-57)53-28-18-47(19-29-53)14-16-49-10-9-11-50(40-49)17-15-48-20-30-54(31-21-48)60(58-27-13-44(4)46(6)39-58)56-34-24-52(25-35-56)42-62-37-8-2/h7-35,38-40H,1-2,36-37,41-42H2,3-6H3. The van der Waals surface area contributed by atoms with E-state index in [0.29, 0.717) is 26.4 Å². The van der Waals surface area contributed by atoms with Crippen LogP contribution in [0, 0.1) is 27.7 Å². The van der Waals surface area contributed by atoms with Crippen molar-refractivity contribution in [3.8, 4) is 0 Å². The van der Waals surface area contributed by atoms with Gasteiger partial charge in [0.15, 0.2) is 0 Å². The van der Waals surface area contributed by atoms with Crippen LogP contribution in [0.25, 0.3) is 24.3 Å². The monoisotopic (exact) mass is 812 g/mol. The van der Waals surface area contributed by atoms with Crippen molar-refractivity contribution < 1.29 is 9.47 Å². The third-order valence-corrected chi connectivity index (χ3v) is 11.0. The Kier molecular flexibility index (Phi) is 14.6. The van der Waals surface area contributed by atoms with E-state index < -0.39 is 0 Å². The summed E-state index contributed by atoms with van der Waals surface area (Å²) in [6.45, 7) is 18.3. The first kappa shape index (κ1) is 43.1. The van der Waals surface area contributed by atoms with Crippen molar-refractivity contribution >= 4 is 58.4 Å². The molecule has 4 nitrogen and oxygen atoms in total. The highest BCUT2D eigenvalue weighted by molar-refractivity contribution is 5.81. The van der Waals surface area contributed by atoms with Crippen molar-refractivity contribution in [1.29, 1.82) is 0 Å². The second-order valence-electron chi connectivity index (χ2n) is 15.7. The first-order valence-corrected chi connectivity index (χ1v) is 21.2. The van der Waals surface area contributed by atoms with Gasteiger partial charge in [-0.2, -0.15) is 0 Å². The van der Waals surface area contributed by atoms with Gasteiger partial charge < -0.3 is 19.3 Å². The Morgan fingerprint density at radius 2 is 0.710 bits per heavy atom. The lowest BCUT2D eigenvalue weighted by molar-refractivity contribution is 0.149. The first-order valence-electron chi connectivity index (χ1n) is 21.2. The normalized spacial score (nSPS) is 11.3. The molecule has 7 aromatic carbocycles. The fourth-order valence-electron chi connectivity index (χ4n) is 7.25. The van der Waals surface area contributed by atoms with E-state index in [9.17, 15) is 0 Å². The third-order valence-electron chi connectivity index (χ3n) is 11.0. The molecule has 4 heteroatoms. The lowest BCUT2D eigenvalue weighted by Gasteiger charge is -2.26. The largest absolute Gasteiger partial charge is 0.373 e. The summed E-state index contributed by atoms with van der Waals surface area (Å²) >= 11 is 0. The van der Waals surface area contributed by atoms with Gasteiger partial charge in [-0.25, -0.2) is 0 Å². The maximum Gasteiger partial charge on any atom is 0.0721 e. The van der Waals surface area contributed by atoms with Gasteiger partial charge in [0, 0.05) is 34.1 Å². The SMILES string of the molecule is C=CCOCc1ccc(N(c2ccc(C=Cc3cccc(C=Cc4ccc(N(c5ccc(COCC=C)cc5)c5ccc(C)c(C)c5)cc4)c3)cc2)c2ccc(C)c(C)c2)cc1. The van der Waals surface area contributed by atoms with Crippen molar-refractivity contribution in [2.75, 3.05) is 23.0 Å². The van der Waals surface area contributed by atoms with Gasteiger partial charge in [0.25, 0.3) is 0 Å². The van der Waals surface area contributed by atoms with Gasteiger partial charge in [0.1, 0.15) is 0 Å². The van der Waals surface area contributed by atoms with Crippen LogP contribution in [0.15, 0.2) is 183 Å². The highest BCUT2D eigenvalue weighted by Gasteiger charge is 2.15. The van der Waals surface area contributed by atoms with E-state index in [1.807, 2.05) is 0 Å². The molecule has 7 rings (SSSR count). The summed E-state index contributed by atoms with van der Waals surface area (Å²) in [7, 11) is 0. The zero-order chi connectivity index (χ0) is 43.3. The van der Waals surface area contributed by atoms with Gasteiger partial charge >= 0.3 is 0 Å². The molecule has 0 saturated carbocycles. The minimum atomic E-state index is 0.538. The molecular formula is C58H56N2O2. The van der Waals surface area contributed by atoms with E-state index in [2.05, 4.69) is 233 Å². The summed E-state index contributed by atoms with van der Waals surface area (Å²) in [5.41, 5.74) is 18.5. The summed E-state index contributed by atoms with van der Waals surface area (Å²) in [5, 5.41) is 0. The number of hydrogen-bond donors (Lipinski definition) is 0. The number of nitrogens with zero attached hydrogens (tertiary/aromatic N) is 2. The maximum absolute atomic E-state index is 5.68. The number of ether oxygens (including phenoxy) is 2. The minimum absolute atomic E-state index is 0.538. The molecule has 0 spiro atoms. The molecule has 62 heavy (non-hydrogen) atoms. The molecular weight excluding hydrogens is 757 g/mol. The fraction of sp³-hybridized carbons (Fsp3) is 0.138. The van der Waals surface area contributed by atoms with Crippen LogP contribution in [0.4, 0.5) is 34.1 Å². The number of rotatable bonds is 18. The molecule has 0 aliphatic heterocycles. The Morgan fingerprint density at radius 3 is 1.06 bits per heavy atom. The lowest BCUT2D eigenvalue weighted by Crippen LogP contribution is -2.10. The van der Waals surface area contributed by atoms with Crippen LogP contribution in [-0.2, 0) is 22.7 Å². The molecule has 0 aromatic heterocycles. The molecule has 0 aliphatic carbocycles. The highest BCUT2D eigenvalue weighted by Crippen LogP contribution is 2.37. The second-order valence-corrected chi connectivity index (χ2v) is 15.7. The predicted octanol–water partition coefficient (Wildman–Crippen LogP) is 15.6. The first-order chi connectivity index (χ1) is 30.3. The minimum Gasteiger partial charge on any atom is -0.373 e. The van der Waals surface area contributed by atoms with Crippen LogP contribution < -0.4 is 9.80 Å². The molecule has 0 N–H and O–H groups in total. The number of anilines is 6. The number of aryl methyl sites for hydroxylation is 4. The molecule has 0 unspecified atom stereocenters. The molecule has 310 valence electrons. The molecule has 0 atom stereocenters. The van der Waals surface area contributed by atoms with E-state index >= 15 is 0 Å². The zero-order valence-corrected chi connectivity index (χ0v) is 36.4. The molecule has 0 aliphatic rings. The molecule has 0 amide bonds. The Hall–Kier alpha value is -6.98. The summed E-state index contributed by atoms with van der Waals surface area (Å²) in [6.07, 6.45) is 12.3. The van der Waals surface area contributed by atoms with Gasteiger partial charge in [0.05, 0.1) is 26.4 Å². The third kappa shape index (κ3) is 11.2. The maximum atomic E-state index is 5.68. The average Bonchev–Trinajstić information content (AvgIpc) is 3.30. The molecule has 0 saturated heterocycles. The van der Waals surface area contributed by atoms with Crippen molar-refractivity contribution in [3.05, 3.63) is 239 Å². The van der Waals surface area contributed by atoms with Crippen molar-refractivity contribution in [3.63, 3.8) is 0 Å². The Balaban J connectivity index is 1.05. The van der Waals surface area contributed by atoms with Crippen molar-refractivity contribution in [2.24, 2.45) is 0 Å². The Labute approximate surface area is 369 Å². The lowest BCUT2D eigenvalue weighted by atomic mass is 10.1. The van der Waals surface area contributed by atoms with Crippen LogP contribution in [0.5, 0.6) is 0 Å². The number of hydrogen-bond acceptors (Lipinski definition) is 4. The molecule has 0 fully saturated rings.